The number of carbonyl (C=O) groups is 2. The first kappa shape index (κ1) is 60.2. The monoisotopic (exact) mass is 869 g/mol. The van der Waals surface area contributed by atoms with Crippen molar-refractivity contribution in [3.05, 3.63) is 36.5 Å². The van der Waals surface area contributed by atoms with Gasteiger partial charge in [0.2, 0.25) is 0 Å². The number of hydrogen-bond acceptors (Lipinski definition) is 4. The lowest BCUT2D eigenvalue weighted by atomic mass is 10.0. The van der Waals surface area contributed by atoms with Gasteiger partial charge in [0, 0.05) is 0 Å². The molecule has 0 saturated carbocycles. The van der Waals surface area contributed by atoms with Crippen LogP contribution in [0.25, 0.3) is 0 Å². The number of unbranched alkanes of at least 4 members (excludes halogenated alkanes) is 38. The smallest absolute Gasteiger partial charge is 0.313 e. The number of carbonyl (C=O) groups excluding carboxylic acids is 2. The fourth-order valence-corrected chi connectivity index (χ4v) is 8.35. The Morgan fingerprint density at radius 2 is 0.581 bits per heavy atom. The van der Waals surface area contributed by atoms with Crippen molar-refractivity contribution in [2.75, 3.05) is 13.2 Å². The zero-order valence-corrected chi connectivity index (χ0v) is 42.2. The molecule has 364 valence electrons. The van der Waals surface area contributed by atoms with Crippen LogP contribution in [0, 0.1) is 5.92 Å². The zero-order valence-electron chi connectivity index (χ0n) is 42.2. The van der Waals surface area contributed by atoms with Crippen LogP contribution in [0.5, 0.6) is 0 Å². The SMILES string of the molecule is CCCCCCCCC=CCCCCCCCCOC(=O)CC(C=CCCCCCCCCCCCCCCCC)C(=O)OCCCCCCCCC=CCCCCCCCC. The Morgan fingerprint density at radius 3 is 0.903 bits per heavy atom. The molecule has 0 aliphatic heterocycles. The lowest BCUT2D eigenvalue weighted by Crippen LogP contribution is -2.21. The van der Waals surface area contributed by atoms with E-state index in [1.54, 1.807) is 0 Å². The summed E-state index contributed by atoms with van der Waals surface area (Å²) in [7, 11) is 0. The average Bonchev–Trinajstić information content (AvgIpc) is 3.27. The molecule has 0 heterocycles. The van der Waals surface area contributed by atoms with Gasteiger partial charge in [0.1, 0.15) is 0 Å². The summed E-state index contributed by atoms with van der Waals surface area (Å²) in [4.78, 5) is 26.0. The first-order valence-corrected chi connectivity index (χ1v) is 27.9. The molecule has 0 fully saturated rings. The van der Waals surface area contributed by atoms with Gasteiger partial charge in [-0.15, -0.1) is 0 Å². The van der Waals surface area contributed by atoms with Gasteiger partial charge in [-0.25, -0.2) is 0 Å². The molecule has 4 heteroatoms. The van der Waals surface area contributed by atoms with Gasteiger partial charge in [0.15, 0.2) is 0 Å². The molecule has 0 aromatic carbocycles. The van der Waals surface area contributed by atoms with Crippen LogP contribution in [0.3, 0.4) is 0 Å². The lowest BCUT2D eigenvalue weighted by molar-refractivity contribution is -0.153. The zero-order chi connectivity index (χ0) is 44.9. The van der Waals surface area contributed by atoms with Gasteiger partial charge >= 0.3 is 11.9 Å². The Morgan fingerprint density at radius 1 is 0.323 bits per heavy atom. The Bertz CT molecular complexity index is 982. The summed E-state index contributed by atoms with van der Waals surface area (Å²) < 4.78 is 11.4. The van der Waals surface area contributed by atoms with Crippen molar-refractivity contribution in [2.45, 2.75) is 303 Å². The van der Waals surface area contributed by atoms with Gasteiger partial charge in [-0.1, -0.05) is 256 Å². The van der Waals surface area contributed by atoms with E-state index in [4.69, 9.17) is 9.47 Å². The number of ether oxygens (including phenoxy) is 2. The van der Waals surface area contributed by atoms with Crippen LogP contribution in [0.1, 0.15) is 303 Å². The first-order chi connectivity index (χ1) is 30.7. The van der Waals surface area contributed by atoms with Crippen molar-refractivity contribution in [3.8, 4) is 0 Å². The largest absolute Gasteiger partial charge is 0.466 e. The van der Waals surface area contributed by atoms with E-state index in [1.807, 2.05) is 6.08 Å². The predicted octanol–water partition coefficient (Wildman–Crippen LogP) is 19.6. The average molecular weight is 869 g/mol. The highest BCUT2D eigenvalue weighted by molar-refractivity contribution is 5.81. The minimum Gasteiger partial charge on any atom is -0.466 e. The minimum atomic E-state index is -0.553. The lowest BCUT2D eigenvalue weighted by Gasteiger charge is -2.13. The molecule has 0 aromatic heterocycles. The van der Waals surface area contributed by atoms with Gasteiger partial charge < -0.3 is 9.47 Å². The normalized spacial score (nSPS) is 12.4. The quantitative estimate of drug-likeness (QED) is 0.0347. The molecule has 1 unspecified atom stereocenters. The van der Waals surface area contributed by atoms with Crippen molar-refractivity contribution in [3.63, 3.8) is 0 Å². The molecule has 0 spiro atoms. The Labute approximate surface area is 388 Å². The molecule has 0 N–H and O–H groups in total. The Kier molecular flexibility index (Phi) is 51.9. The second-order valence-corrected chi connectivity index (χ2v) is 18.9. The Balaban J connectivity index is 4.31. The highest BCUT2D eigenvalue weighted by Gasteiger charge is 2.21. The van der Waals surface area contributed by atoms with Crippen LogP contribution >= 0.6 is 0 Å². The van der Waals surface area contributed by atoms with Crippen molar-refractivity contribution in [2.24, 2.45) is 5.92 Å². The van der Waals surface area contributed by atoms with E-state index < -0.39 is 5.92 Å². The molecule has 0 aliphatic carbocycles. The van der Waals surface area contributed by atoms with E-state index in [9.17, 15) is 9.59 Å². The van der Waals surface area contributed by atoms with Crippen LogP contribution in [0.2, 0.25) is 0 Å². The molecular formula is C58H108O4. The van der Waals surface area contributed by atoms with E-state index in [0.717, 1.165) is 38.5 Å². The Hall–Kier alpha value is -1.84. The molecule has 62 heavy (non-hydrogen) atoms. The second-order valence-electron chi connectivity index (χ2n) is 18.9. The maximum absolute atomic E-state index is 13.2. The van der Waals surface area contributed by atoms with Crippen LogP contribution in [-0.2, 0) is 19.1 Å². The van der Waals surface area contributed by atoms with Crippen molar-refractivity contribution < 1.29 is 19.1 Å². The van der Waals surface area contributed by atoms with Crippen molar-refractivity contribution in [1.82, 2.24) is 0 Å². The maximum atomic E-state index is 13.2. The molecule has 0 saturated heterocycles. The van der Waals surface area contributed by atoms with Crippen LogP contribution in [0.4, 0.5) is 0 Å². The summed E-state index contributed by atoms with van der Waals surface area (Å²) >= 11 is 0. The van der Waals surface area contributed by atoms with Crippen LogP contribution in [0.15, 0.2) is 36.5 Å². The summed E-state index contributed by atoms with van der Waals surface area (Å²) in [6.07, 6.45) is 68.7. The molecular weight excluding hydrogens is 761 g/mol. The van der Waals surface area contributed by atoms with Gasteiger partial charge in [0.05, 0.1) is 25.6 Å². The molecule has 0 rings (SSSR count). The van der Waals surface area contributed by atoms with E-state index >= 15 is 0 Å². The number of esters is 2. The number of hydrogen-bond donors (Lipinski definition) is 0. The molecule has 0 radical (unpaired) electrons. The summed E-state index contributed by atoms with van der Waals surface area (Å²) in [5.41, 5.74) is 0. The fourth-order valence-electron chi connectivity index (χ4n) is 8.35. The summed E-state index contributed by atoms with van der Waals surface area (Å²) in [6, 6.07) is 0. The highest BCUT2D eigenvalue weighted by Crippen LogP contribution is 2.17. The van der Waals surface area contributed by atoms with Crippen molar-refractivity contribution >= 4 is 11.9 Å². The minimum absolute atomic E-state index is 0.0772. The van der Waals surface area contributed by atoms with Crippen LogP contribution < -0.4 is 0 Å². The summed E-state index contributed by atoms with van der Waals surface area (Å²) in [5.74, 6) is -1.11. The number of rotatable bonds is 51. The van der Waals surface area contributed by atoms with Gasteiger partial charge in [-0.3, -0.25) is 9.59 Å². The molecule has 0 aliphatic rings. The van der Waals surface area contributed by atoms with Gasteiger partial charge in [-0.2, -0.15) is 0 Å². The standard InChI is InChI=1S/C58H108O4/c1-4-7-10-13-16-19-22-25-28-31-34-37-40-43-46-49-52-56(58(60)62-54-51-48-45-42-39-36-33-30-27-24-21-18-15-12-9-6-3)55-57(59)61-53-50-47-44-41-38-35-32-29-26-23-20-17-14-11-8-5-2/h26-27,29-30,49,52,56H,4-25,28,31-48,50-51,53-55H2,1-3H3. The molecule has 0 amide bonds. The number of allylic oxidation sites excluding steroid dienone is 5. The second kappa shape index (κ2) is 53.5. The topological polar surface area (TPSA) is 52.6 Å². The third kappa shape index (κ3) is 49.2. The molecule has 1 atom stereocenters. The summed E-state index contributed by atoms with van der Waals surface area (Å²) in [5, 5.41) is 0. The highest BCUT2D eigenvalue weighted by atomic mass is 16.5. The van der Waals surface area contributed by atoms with Crippen molar-refractivity contribution in [1.29, 1.82) is 0 Å². The van der Waals surface area contributed by atoms with E-state index in [0.29, 0.717) is 13.2 Å². The van der Waals surface area contributed by atoms with E-state index in [1.165, 1.54) is 238 Å². The van der Waals surface area contributed by atoms with Crippen LogP contribution in [-0.4, -0.2) is 25.2 Å². The summed E-state index contributed by atoms with van der Waals surface area (Å²) in [6.45, 7) is 7.72. The van der Waals surface area contributed by atoms with Gasteiger partial charge in [-0.05, 0) is 77.0 Å². The molecule has 0 bridgehead atoms. The van der Waals surface area contributed by atoms with E-state index in [-0.39, 0.29) is 18.4 Å². The molecule has 0 aromatic rings. The predicted molar refractivity (Wildman–Crippen MR) is 273 cm³/mol. The third-order valence-corrected chi connectivity index (χ3v) is 12.6. The van der Waals surface area contributed by atoms with E-state index in [2.05, 4.69) is 51.2 Å². The van der Waals surface area contributed by atoms with Gasteiger partial charge in [0.25, 0.3) is 0 Å². The molecule has 4 nitrogen and oxygen atoms in total. The first-order valence-electron chi connectivity index (χ1n) is 27.9. The fraction of sp³-hybridized carbons (Fsp3) is 0.862. The maximum Gasteiger partial charge on any atom is 0.313 e. The third-order valence-electron chi connectivity index (χ3n) is 12.6.